The minimum atomic E-state index is -4.01. The molecular weight excluding hydrogens is 302 g/mol. The molecule has 1 aliphatic rings. The van der Waals surface area contributed by atoms with Gasteiger partial charge in [0.15, 0.2) is 5.69 Å². The third-order valence-corrected chi connectivity index (χ3v) is 5.36. The molecule has 1 aromatic rings. The number of hydrogen-bond acceptors (Lipinski definition) is 4. The number of aromatic amines is 1. The first-order valence-corrected chi connectivity index (χ1v) is 8.98. The van der Waals surface area contributed by atoms with Gasteiger partial charge in [0.05, 0.1) is 5.69 Å². The second-order valence-electron chi connectivity index (χ2n) is 5.11. The number of H-pyrrole nitrogens is 1. The number of amides is 1. The van der Waals surface area contributed by atoms with Crippen molar-refractivity contribution < 1.29 is 13.2 Å². The fourth-order valence-electron chi connectivity index (χ4n) is 2.49. The van der Waals surface area contributed by atoms with Crippen molar-refractivity contribution in [3.8, 4) is 0 Å². The second-order valence-corrected chi connectivity index (χ2v) is 7.62. The molecule has 0 unspecified atom stereocenters. The maximum absolute atomic E-state index is 12.3. The van der Waals surface area contributed by atoms with Crippen molar-refractivity contribution in [2.45, 2.75) is 56.4 Å². The Labute approximate surface area is 122 Å². The van der Waals surface area contributed by atoms with E-state index in [1.807, 2.05) is 6.92 Å². The molecule has 1 saturated carbocycles. The highest BCUT2D eigenvalue weighted by molar-refractivity contribution is 8.13. The first kappa shape index (κ1) is 15.3. The Morgan fingerprint density at radius 1 is 1.45 bits per heavy atom. The second kappa shape index (κ2) is 5.37. The van der Waals surface area contributed by atoms with E-state index >= 15 is 0 Å². The highest BCUT2D eigenvalue weighted by Crippen LogP contribution is 2.35. The predicted octanol–water partition coefficient (Wildman–Crippen LogP) is 1.96. The largest absolute Gasteiger partial charge is 0.345 e. The van der Waals surface area contributed by atoms with Crippen LogP contribution in [0.5, 0.6) is 0 Å². The molecule has 20 heavy (non-hydrogen) atoms. The summed E-state index contributed by atoms with van der Waals surface area (Å²) in [5.41, 5.74) is -0.0173. The number of rotatable bonds is 5. The van der Waals surface area contributed by atoms with Gasteiger partial charge in [-0.15, -0.1) is 0 Å². The molecule has 2 rings (SSSR count). The minimum Gasteiger partial charge on any atom is -0.345 e. The van der Waals surface area contributed by atoms with Gasteiger partial charge >= 0.3 is 0 Å². The number of carbonyl (C=O) groups is 1. The topological polar surface area (TPSA) is 91.9 Å². The number of nitrogens with one attached hydrogen (secondary N) is 2. The Hall–Kier alpha value is -1.08. The summed E-state index contributed by atoms with van der Waals surface area (Å²) in [6.45, 7) is 3.76. The smallest absolute Gasteiger partial charge is 0.273 e. The molecule has 1 aromatic heterocycles. The number of halogens is 1. The van der Waals surface area contributed by atoms with E-state index in [1.165, 1.54) is 0 Å². The lowest BCUT2D eigenvalue weighted by Crippen LogP contribution is -2.53. The van der Waals surface area contributed by atoms with E-state index in [1.54, 1.807) is 6.92 Å². The van der Waals surface area contributed by atoms with Crippen LogP contribution in [0.15, 0.2) is 4.90 Å². The van der Waals surface area contributed by atoms with Crippen LogP contribution in [0, 0.1) is 0 Å². The van der Waals surface area contributed by atoms with Gasteiger partial charge in [0, 0.05) is 16.2 Å². The molecule has 112 valence electrons. The van der Waals surface area contributed by atoms with E-state index in [4.69, 9.17) is 10.7 Å². The van der Waals surface area contributed by atoms with Gasteiger partial charge in [-0.2, -0.15) is 5.10 Å². The first-order valence-electron chi connectivity index (χ1n) is 6.67. The maximum Gasteiger partial charge on any atom is 0.273 e. The van der Waals surface area contributed by atoms with Crippen molar-refractivity contribution in [3.05, 3.63) is 11.4 Å². The third-order valence-electron chi connectivity index (χ3n) is 3.97. The highest BCUT2D eigenvalue weighted by atomic mass is 35.7. The van der Waals surface area contributed by atoms with Gasteiger partial charge in [-0.1, -0.05) is 13.8 Å². The van der Waals surface area contributed by atoms with Crippen LogP contribution in [0.3, 0.4) is 0 Å². The van der Waals surface area contributed by atoms with Crippen LogP contribution in [0.2, 0.25) is 0 Å². The van der Waals surface area contributed by atoms with Gasteiger partial charge in [0.2, 0.25) is 0 Å². The van der Waals surface area contributed by atoms with Crippen molar-refractivity contribution in [1.82, 2.24) is 15.5 Å². The highest BCUT2D eigenvalue weighted by Gasteiger charge is 2.38. The van der Waals surface area contributed by atoms with E-state index in [9.17, 15) is 13.2 Å². The van der Waals surface area contributed by atoms with E-state index in [0.717, 1.165) is 25.7 Å². The third kappa shape index (κ3) is 2.69. The van der Waals surface area contributed by atoms with E-state index in [0.29, 0.717) is 12.1 Å². The van der Waals surface area contributed by atoms with Gasteiger partial charge < -0.3 is 5.32 Å². The average Bonchev–Trinajstić information content (AvgIpc) is 2.77. The van der Waals surface area contributed by atoms with Crippen molar-refractivity contribution in [1.29, 1.82) is 0 Å². The lowest BCUT2D eigenvalue weighted by Gasteiger charge is -2.41. The number of aromatic nitrogens is 2. The predicted molar refractivity (Wildman–Crippen MR) is 75.3 cm³/mol. The van der Waals surface area contributed by atoms with Gasteiger partial charge in [-0.05, 0) is 32.1 Å². The summed E-state index contributed by atoms with van der Waals surface area (Å²) in [5.74, 6) is -0.485. The Morgan fingerprint density at radius 3 is 2.50 bits per heavy atom. The number of aryl methyl sites for hydroxylation is 1. The van der Waals surface area contributed by atoms with Gasteiger partial charge in [0.25, 0.3) is 15.0 Å². The number of carbonyl (C=O) groups excluding carboxylic acids is 1. The fourth-order valence-corrected chi connectivity index (χ4v) is 3.85. The lowest BCUT2D eigenvalue weighted by molar-refractivity contribution is 0.0811. The lowest BCUT2D eigenvalue weighted by atomic mass is 9.75. The first-order chi connectivity index (χ1) is 9.33. The van der Waals surface area contributed by atoms with Crippen molar-refractivity contribution in [3.63, 3.8) is 0 Å². The Morgan fingerprint density at radius 2 is 2.10 bits per heavy atom. The zero-order valence-corrected chi connectivity index (χ0v) is 13.1. The molecule has 0 atom stereocenters. The standard InChI is InChI=1S/C12H18ClN3O3S/c1-3-8-10(20(13,18)19)9(16-15-8)11(17)14-12(4-2)6-5-7-12/h3-7H2,1-2H3,(H,14,17)(H,15,16). The van der Waals surface area contributed by atoms with Crippen LogP contribution in [-0.2, 0) is 15.5 Å². The molecule has 2 N–H and O–H groups in total. The summed E-state index contributed by atoms with van der Waals surface area (Å²) in [6.07, 6.45) is 4.09. The zero-order valence-electron chi connectivity index (χ0n) is 11.5. The molecule has 0 saturated heterocycles. The van der Waals surface area contributed by atoms with Crippen LogP contribution in [0.25, 0.3) is 0 Å². The molecule has 8 heteroatoms. The molecule has 1 fully saturated rings. The molecule has 1 aliphatic carbocycles. The van der Waals surface area contributed by atoms with Crippen LogP contribution in [-0.4, -0.2) is 30.1 Å². The maximum atomic E-state index is 12.3. The summed E-state index contributed by atoms with van der Waals surface area (Å²) in [4.78, 5) is 12.1. The molecule has 0 bridgehead atoms. The normalized spacial score (nSPS) is 17.6. The van der Waals surface area contributed by atoms with Crippen molar-refractivity contribution in [2.24, 2.45) is 0 Å². The van der Waals surface area contributed by atoms with Crippen LogP contribution >= 0.6 is 10.7 Å². The Balaban J connectivity index is 2.33. The quantitative estimate of drug-likeness (QED) is 0.811. The summed E-state index contributed by atoms with van der Waals surface area (Å²) < 4.78 is 23.3. The molecule has 1 heterocycles. The van der Waals surface area contributed by atoms with E-state index in [2.05, 4.69) is 15.5 Å². The number of hydrogen-bond donors (Lipinski definition) is 2. The van der Waals surface area contributed by atoms with Crippen molar-refractivity contribution in [2.75, 3.05) is 0 Å². The SMILES string of the molecule is CCc1[nH]nc(C(=O)NC2(CC)CCC2)c1S(=O)(=O)Cl. The van der Waals surface area contributed by atoms with E-state index in [-0.39, 0.29) is 16.1 Å². The van der Waals surface area contributed by atoms with Crippen LogP contribution in [0.1, 0.15) is 55.7 Å². The molecule has 0 aliphatic heterocycles. The summed E-state index contributed by atoms with van der Waals surface area (Å²) in [5, 5.41) is 9.31. The Kier molecular flexibility index (Phi) is 4.11. The van der Waals surface area contributed by atoms with Crippen LogP contribution in [0.4, 0.5) is 0 Å². The molecule has 0 aromatic carbocycles. The number of nitrogens with zero attached hydrogens (tertiary/aromatic N) is 1. The average molecular weight is 320 g/mol. The summed E-state index contributed by atoms with van der Waals surface area (Å²) in [6, 6.07) is 0. The van der Waals surface area contributed by atoms with Gasteiger partial charge in [-0.3, -0.25) is 9.89 Å². The van der Waals surface area contributed by atoms with Crippen LogP contribution < -0.4 is 5.32 Å². The zero-order chi connectivity index (χ0) is 15.0. The molecule has 1 amide bonds. The van der Waals surface area contributed by atoms with Gasteiger partial charge in [0.1, 0.15) is 4.90 Å². The summed E-state index contributed by atoms with van der Waals surface area (Å²) >= 11 is 0. The van der Waals surface area contributed by atoms with E-state index < -0.39 is 15.0 Å². The molecule has 0 radical (unpaired) electrons. The summed E-state index contributed by atoms with van der Waals surface area (Å²) in [7, 11) is 1.41. The minimum absolute atomic E-state index is 0.142. The fraction of sp³-hybridized carbons (Fsp3) is 0.667. The van der Waals surface area contributed by atoms with Crippen molar-refractivity contribution >= 4 is 25.6 Å². The molecule has 6 nitrogen and oxygen atoms in total. The molecule has 0 spiro atoms. The monoisotopic (exact) mass is 319 g/mol. The van der Waals surface area contributed by atoms with Gasteiger partial charge in [-0.25, -0.2) is 8.42 Å². The Bertz CT molecular complexity index is 614. The molecular formula is C12H18ClN3O3S.